The lowest BCUT2D eigenvalue weighted by Gasteiger charge is -2.10. The van der Waals surface area contributed by atoms with Gasteiger partial charge in [0.25, 0.3) is 0 Å². The van der Waals surface area contributed by atoms with Gasteiger partial charge in [-0.15, -0.1) is 22.7 Å². The van der Waals surface area contributed by atoms with Gasteiger partial charge in [0.1, 0.15) is 0 Å². The van der Waals surface area contributed by atoms with E-state index in [0.717, 1.165) is 32.5 Å². The van der Waals surface area contributed by atoms with Gasteiger partial charge in [-0.25, -0.2) is 9.97 Å². The number of fused-ring (bicyclic) bond motifs is 10. The maximum absolute atomic E-state index is 5.30. The quantitative estimate of drug-likeness (QED) is 0.221. The first-order chi connectivity index (χ1) is 19.3. The van der Waals surface area contributed by atoms with Crippen molar-refractivity contribution in [2.45, 2.75) is 0 Å². The van der Waals surface area contributed by atoms with Gasteiger partial charge in [0.2, 0.25) is 5.95 Å². The molecule has 5 aromatic carbocycles. The number of hydrogen-bond acceptors (Lipinski definition) is 4. The Morgan fingerprint density at radius 1 is 0.487 bits per heavy atom. The summed E-state index contributed by atoms with van der Waals surface area (Å²) in [6.07, 6.45) is 0. The van der Waals surface area contributed by atoms with E-state index in [4.69, 9.17) is 9.97 Å². The lowest BCUT2D eigenvalue weighted by Crippen LogP contribution is -2.02. The van der Waals surface area contributed by atoms with E-state index in [1.807, 2.05) is 11.3 Å². The summed E-state index contributed by atoms with van der Waals surface area (Å²) in [7, 11) is 0. The van der Waals surface area contributed by atoms with Crippen LogP contribution in [0.3, 0.4) is 0 Å². The van der Waals surface area contributed by atoms with Crippen molar-refractivity contribution in [2.75, 3.05) is 0 Å². The first-order valence-corrected chi connectivity index (χ1v) is 14.6. The van der Waals surface area contributed by atoms with Crippen LogP contribution in [0.25, 0.3) is 79.5 Å². The highest BCUT2D eigenvalue weighted by Crippen LogP contribution is 2.44. The number of thiophene rings is 2. The minimum atomic E-state index is 0.705. The molecule has 4 heterocycles. The summed E-state index contributed by atoms with van der Waals surface area (Å²) in [5, 5.41) is 6.28. The molecule has 3 nitrogen and oxygen atoms in total. The molecular weight excluding hydrogens is 515 g/mol. The maximum atomic E-state index is 5.30. The molecule has 0 N–H and O–H groups in total. The number of para-hydroxylation sites is 1. The van der Waals surface area contributed by atoms with Gasteiger partial charge in [0.15, 0.2) is 0 Å². The van der Waals surface area contributed by atoms with Crippen molar-refractivity contribution in [3.63, 3.8) is 0 Å². The molecular formula is C34H19N3S2. The average molecular weight is 534 g/mol. The molecule has 0 saturated heterocycles. The van der Waals surface area contributed by atoms with E-state index in [-0.39, 0.29) is 0 Å². The first kappa shape index (κ1) is 21.4. The Morgan fingerprint density at radius 3 is 2.00 bits per heavy atom. The third kappa shape index (κ3) is 2.97. The van der Waals surface area contributed by atoms with Crippen molar-refractivity contribution < 1.29 is 0 Å². The summed E-state index contributed by atoms with van der Waals surface area (Å²) in [5.41, 5.74) is 5.34. The fourth-order valence-corrected chi connectivity index (χ4v) is 8.33. The van der Waals surface area contributed by atoms with Crippen LogP contribution >= 0.6 is 22.7 Å². The Labute approximate surface area is 231 Å². The Bertz CT molecular complexity index is 2390. The molecule has 0 unspecified atom stereocenters. The van der Waals surface area contributed by atoms with Gasteiger partial charge in [-0.3, -0.25) is 4.57 Å². The van der Waals surface area contributed by atoms with Crippen LogP contribution in [0.2, 0.25) is 0 Å². The minimum Gasteiger partial charge on any atom is -0.278 e. The predicted octanol–water partition coefficient (Wildman–Crippen LogP) is 9.98. The van der Waals surface area contributed by atoms with Gasteiger partial charge in [-0.2, -0.15) is 0 Å². The number of hydrogen-bond donors (Lipinski definition) is 0. The van der Waals surface area contributed by atoms with Crippen molar-refractivity contribution in [1.29, 1.82) is 0 Å². The molecule has 4 aromatic heterocycles. The molecule has 0 saturated carbocycles. The zero-order chi connectivity index (χ0) is 25.5. The largest absolute Gasteiger partial charge is 0.278 e. The van der Waals surface area contributed by atoms with Gasteiger partial charge >= 0.3 is 0 Å². The van der Waals surface area contributed by atoms with Gasteiger partial charge in [0, 0.05) is 46.6 Å². The standard InChI is InChI=1S/C34H19N3S2/c1-2-10-20(11-3-1)30-33-31(24-14-6-9-17-28(24)39-33)36-34(35-30)37-25-15-7-4-13-23(25)29-26(37)19-18-22-21-12-5-8-16-27(21)38-32(22)29/h1-19H. The predicted molar refractivity (Wildman–Crippen MR) is 168 cm³/mol. The normalized spacial score (nSPS) is 12.1. The smallest absolute Gasteiger partial charge is 0.235 e. The molecule has 5 heteroatoms. The second-order valence-electron chi connectivity index (χ2n) is 9.80. The van der Waals surface area contributed by atoms with Gasteiger partial charge in [-0.1, -0.05) is 91.0 Å². The summed E-state index contributed by atoms with van der Waals surface area (Å²) in [6.45, 7) is 0. The summed E-state index contributed by atoms with van der Waals surface area (Å²) in [6, 6.07) is 40.9. The average Bonchev–Trinajstić information content (AvgIpc) is 3.66. The topological polar surface area (TPSA) is 30.7 Å². The fraction of sp³-hybridized carbons (Fsp3) is 0. The first-order valence-electron chi connectivity index (χ1n) is 12.9. The second-order valence-corrected chi connectivity index (χ2v) is 11.9. The van der Waals surface area contributed by atoms with Crippen LogP contribution in [0.1, 0.15) is 0 Å². The Kier molecular flexibility index (Phi) is 4.36. The molecule has 0 spiro atoms. The molecule has 0 aliphatic rings. The molecule has 0 fully saturated rings. The lowest BCUT2D eigenvalue weighted by molar-refractivity contribution is 1.02. The highest BCUT2D eigenvalue weighted by Gasteiger charge is 2.21. The molecule has 39 heavy (non-hydrogen) atoms. The molecule has 0 radical (unpaired) electrons. The number of aromatic nitrogens is 3. The molecule has 182 valence electrons. The van der Waals surface area contributed by atoms with E-state index < -0.39 is 0 Å². The van der Waals surface area contributed by atoms with Crippen LogP contribution in [0.4, 0.5) is 0 Å². The highest BCUT2D eigenvalue weighted by atomic mass is 32.1. The molecule has 0 aliphatic carbocycles. The van der Waals surface area contributed by atoms with Crippen LogP contribution in [0, 0.1) is 0 Å². The van der Waals surface area contributed by atoms with Crippen molar-refractivity contribution in [3.05, 3.63) is 115 Å². The van der Waals surface area contributed by atoms with E-state index in [0.29, 0.717) is 5.95 Å². The van der Waals surface area contributed by atoms with Crippen LogP contribution in [-0.2, 0) is 0 Å². The number of nitrogens with zero attached hydrogens (tertiary/aromatic N) is 3. The summed E-state index contributed by atoms with van der Waals surface area (Å²) < 4.78 is 7.23. The van der Waals surface area contributed by atoms with Gasteiger partial charge < -0.3 is 0 Å². The van der Waals surface area contributed by atoms with E-state index in [9.17, 15) is 0 Å². The molecule has 9 aromatic rings. The number of benzene rings is 5. The third-order valence-electron chi connectivity index (χ3n) is 7.64. The molecule has 0 bridgehead atoms. The van der Waals surface area contributed by atoms with E-state index in [2.05, 4.69) is 120 Å². The summed E-state index contributed by atoms with van der Waals surface area (Å²) in [4.78, 5) is 10.6. The Balaban J connectivity index is 1.46. The third-order valence-corrected chi connectivity index (χ3v) is 10.0. The minimum absolute atomic E-state index is 0.705. The monoisotopic (exact) mass is 533 g/mol. The molecule has 0 amide bonds. The van der Waals surface area contributed by atoms with E-state index in [1.54, 1.807) is 11.3 Å². The summed E-state index contributed by atoms with van der Waals surface area (Å²) >= 11 is 3.64. The molecule has 0 aliphatic heterocycles. The highest BCUT2D eigenvalue weighted by molar-refractivity contribution is 7.27. The Hall–Kier alpha value is -4.58. The zero-order valence-corrected chi connectivity index (χ0v) is 22.3. The van der Waals surface area contributed by atoms with E-state index in [1.165, 1.54) is 41.0 Å². The molecule has 9 rings (SSSR count). The second kappa shape index (κ2) is 7.96. The van der Waals surface area contributed by atoms with E-state index >= 15 is 0 Å². The van der Waals surface area contributed by atoms with Crippen LogP contribution < -0.4 is 0 Å². The zero-order valence-electron chi connectivity index (χ0n) is 20.6. The maximum Gasteiger partial charge on any atom is 0.235 e. The van der Waals surface area contributed by atoms with Crippen LogP contribution in [0.5, 0.6) is 0 Å². The van der Waals surface area contributed by atoms with Gasteiger partial charge in [-0.05, 0) is 24.3 Å². The summed E-state index contributed by atoms with van der Waals surface area (Å²) in [5.74, 6) is 0.705. The van der Waals surface area contributed by atoms with Crippen molar-refractivity contribution in [1.82, 2.24) is 14.5 Å². The Morgan fingerprint density at radius 2 is 1.15 bits per heavy atom. The lowest BCUT2D eigenvalue weighted by atomic mass is 10.1. The number of rotatable bonds is 2. The van der Waals surface area contributed by atoms with Crippen molar-refractivity contribution >= 4 is 85.0 Å². The van der Waals surface area contributed by atoms with Crippen LogP contribution in [-0.4, -0.2) is 14.5 Å². The van der Waals surface area contributed by atoms with Gasteiger partial charge in [0.05, 0.1) is 26.9 Å². The van der Waals surface area contributed by atoms with Crippen molar-refractivity contribution in [3.8, 4) is 17.2 Å². The molecule has 0 atom stereocenters. The SMILES string of the molecule is c1ccc(-c2nc(-n3c4ccccc4c4c5sc6ccccc6c5ccc43)nc3c2sc2ccccc23)cc1. The van der Waals surface area contributed by atoms with Crippen molar-refractivity contribution in [2.24, 2.45) is 0 Å². The fourth-order valence-electron chi connectivity index (χ4n) is 5.92. The van der Waals surface area contributed by atoms with Crippen LogP contribution in [0.15, 0.2) is 115 Å².